The molecule has 3 heterocycles. The second kappa shape index (κ2) is 5.24. The fourth-order valence-electron chi connectivity index (χ4n) is 2.68. The van der Waals surface area contributed by atoms with Gasteiger partial charge in [-0.2, -0.15) is 11.3 Å². The summed E-state index contributed by atoms with van der Waals surface area (Å²) in [4.78, 5) is 4.67. The zero-order chi connectivity index (χ0) is 12.4. The monoisotopic (exact) mass is 261 g/mol. The molecule has 0 fully saturated rings. The first-order valence-corrected chi connectivity index (χ1v) is 7.52. The lowest BCUT2D eigenvalue weighted by Gasteiger charge is -2.23. The van der Waals surface area contributed by atoms with E-state index in [-0.39, 0.29) is 0 Å². The van der Waals surface area contributed by atoms with Crippen LogP contribution in [0.25, 0.3) is 0 Å². The number of hydrogen-bond acceptors (Lipinski definition) is 3. The van der Waals surface area contributed by atoms with Crippen molar-refractivity contribution in [2.75, 3.05) is 6.54 Å². The highest BCUT2D eigenvalue weighted by molar-refractivity contribution is 7.07. The summed E-state index contributed by atoms with van der Waals surface area (Å²) in [6.07, 6.45) is 4.71. The molecule has 0 saturated carbocycles. The molecule has 4 heteroatoms. The Morgan fingerprint density at radius 1 is 1.56 bits per heavy atom. The summed E-state index contributed by atoms with van der Waals surface area (Å²) < 4.78 is 2.33. The van der Waals surface area contributed by atoms with Crippen LogP contribution in [0.4, 0.5) is 0 Å². The van der Waals surface area contributed by atoms with Gasteiger partial charge >= 0.3 is 0 Å². The number of nitrogens with zero attached hydrogens (tertiary/aromatic N) is 2. The van der Waals surface area contributed by atoms with Crippen molar-refractivity contribution in [1.82, 2.24) is 14.9 Å². The molecule has 0 spiro atoms. The molecular weight excluding hydrogens is 242 g/mol. The summed E-state index contributed by atoms with van der Waals surface area (Å²) in [5, 5.41) is 7.90. The molecule has 2 aromatic rings. The minimum atomic E-state index is 0.575. The fourth-order valence-corrected chi connectivity index (χ4v) is 3.35. The molecule has 3 nitrogen and oxygen atoms in total. The van der Waals surface area contributed by atoms with E-state index in [1.165, 1.54) is 24.2 Å². The molecule has 3 rings (SSSR count). The minimum Gasteiger partial charge on any atom is -0.334 e. The molecule has 0 radical (unpaired) electrons. The molecule has 1 N–H and O–H groups in total. The van der Waals surface area contributed by atoms with Gasteiger partial charge in [-0.25, -0.2) is 4.98 Å². The number of aryl methyl sites for hydroxylation is 2. The first-order valence-electron chi connectivity index (χ1n) is 6.58. The summed E-state index contributed by atoms with van der Waals surface area (Å²) in [5.41, 5.74) is 2.53. The summed E-state index contributed by atoms with van der Waals surface area (Å²) >= 11 is 1.76. The summed E-state index contributed by atoms with van der Waals surface area (Å²) in [7, 11) is 0. The third-order valence-corrected chi connectivity index (χ3v) is 4.28. The van der Waals surface area contributed by atoms with Crippen molar-refractivity contribution in [1.29, 1.82) is 0 Å². The van der Waals surface area contributed by atoms with Crippen molar-refractivity contribution < 1.29 is 0 Å². The molecule has 1 atom stereocenters. The quantitative estimate of drug-likeness (QED) is 0.917. The lowest BCUT2D eigenvalue weighted by molar-refractivity contribution is 0.423. The smallest absolute Gasteiger partial charge is 0.113 e. The molecule has 96 valence electrons. The van der Waals surface area contributed by atoms with Crippen molar-refractivity contribution in [2.24, 2.45) is 0 Å². The summed E-state index contributed by atoms with van der Waals surface area (Å²) in [5.74, 6) is 1.85. The Morgan fingerprint density at radius 2 is 2.50 bits per heavy atom. The molecule has 0 saturated heterocycles. The SMILES string of the molecule is Cc1cn2c(n1)[C@H](CNCc1ccsc1)CCC2. The van der Waals surface area contributed by atoms with Crippen molar-refractivity contribution in [3.05, 3.63) is 40.1 Å². The van der Waals surface area contributed by atoms with Crippen LogP contribution in [-0.4, -0.2) is 16.1 Å². The van der Waals surface area contributed by atoms with Gasteiger partial charge in [0.25, 0.3) is 0 Å². The van der Waals surface area contributed by atoms with Gasteiger partial charge in [0.2, 0.25) is 0 Å². The molecule has 0 unspecified atom stereocenters. The van der Waals surface area contributed by atoms with Gasteiger partial charge in [-0.1, -0.05) is 0 Å². The molecular formula is C14H19N3S. The first kappa shape index (κ1) is 11.9. The summed E-state index contributed by atoms with van der Waals surface area (Å²) in [6.45, 7) is 5.23. The molecule has 18 heavy (non-hydrogen) atoms. The predicted molar refractivity (Wildman–Crippen MR) is 75.0 cm³/mol. The van der Waals surface area contributed by atoms with Gasteiger partial charge in [0.05, 0.1) is 5.69 Å². The zero-order valence-corrected chi connectivity index (χ0v) is 11.5. The molecule has 0 aliphatic carbocycles. The Morgan fingerprint density at radius 3 is 3.33 bits per heavy atom. The highest BCUT2D eigenvalue weighted by Crippen LogP contribution is 2.26. The Balaban J connectivity index is 1.60. The highest BCUT2D eigenvalue weighted by Gasteiger charge is 2.21. The number of thiophene rings is 1. The van der Waals surface area contributed by atoms with Crippen LogP contribution in [-0.2, 0) is 13.1 Å². The second-order valence-corrected chi connectivity index (χ2v) is 5.82. The van der Waals surface area contributed by atoms with E-state index in [0.29, 0.717) is 5.92 Å². The van der Waals surface area contributed by atoms with E-state index >= 15 is 0 Å². The van der Waals surface area contributed by atoms with Crippen molar-refractivity contribution in [3.63, 3.8) is 0 Å². The van der Waals surface area contributed by atoms with Gasteiger partial charge in [-0.15, -0.1) is 0 Å². The van der Waals surface area contributed by atoms with E-state index in [4.69, 9.17) is 0 Å². The number of fused-ring (bicyclic) bond motifs is 1. The van der Waals surface area contributed by atoms with Crippen molar-refractivity contribution in [3.8, 4) is 0 Å². The maximum Gasteiger partial charge on any atom is 0.113 e. The van der Waals surface area contributed by atoms with Crippen molar-refractivity contribution in [2.45, 2.75) is 38.8 Å². The number of aromatic nitrogens is 2. The van der Waals surface area contributed by atoms with Crippen LogP contribution in [0.15, 0.2) is 23.0 Å². The topological polar surface area (TPSA) is 29.9 Å². The second-order valence-electron chi connectivity index (χ2n) is 5.04. The number of rotatable bonds is 4. The molecule has 0 aromatic carbocycles. The van der Waals surface area contributed by atoms with E-state index in [1.54, 1.807) is 11.3 Å². The fraction of sp³-hybridized carbons (Fsp3) is 0.500. The number of nitrogens with one attached hydrogen (secondary N) is 1. The third kappa shape index (κ3) is 2.49. The van der Waals surface area contributed by atoms with Gasteiger partial charge in [0, 0.05) is 31.7 Å². The Labute approximate surface area is 112 Å². The average molecular weight is 261 g/mol. The summed E-state index contributed by atoms with van der Waals surface area (Å²) in [6, 6.07) is 2.18. The van der Waals surface area contributed by atoms with Crippen LogP contribution >= 0.6 is 11.3 Å². The highest BCUT2D eigenvalue weighted by atomic mass is 32.1. The van der Waals surface area contributed by atoms with Gasteiger partial charge in [-0.3, -0.25) is 0 Å². The van der Waals surface area contributed by atoms with Crippen LogP contribution in [0, 0.1) is 6.92 Å². The number of imidazole rings is 1. The largest absolute Gasteiger partial charge is 0.334 e. The Kier molecular flexibility index (Phi) is 3.48. The van der Waals surface area contributed by atoms with E-state index in [9.17, 15) is 0 Å². The maximum absolute atomic E-state index is 4.67. The zero-order valence-electron chi connectivity index (χ0n) is 10.7. The average Bonchev–Trinajstić information content (AvgIpc) is 2.97. The van der Waals surface area contributed by atoms with Gasteiger partial charge < -0.3 is 9.88 Å². The predicted octanol–water partition coefficient (Wildman–Crippen LogP) is 2.92. The van der Waals surface area contributed by atoms with Gasteiger partial charge in [0.1, 0.15) is 5.82 Å². The van der Waals surface area contributed by atoms with Crippen LogP contribution in [0.1, 0.15) is 35.8 Å². The van der Waals surface area contributed by atoms with E-state index in [2.05, 4.69) is 44.8 Å². The van der Waals surface area contributed by atoms with Crippen molar-refractivity contribution >= 4 is 11.3 Å². The molecule has 1 aliphatic rings. The Hall–Kier alpha value is -1.13. The Bertz CT molecular complexity index is 501. The lowest BCUT2D eigenvalue weighted by Crippen LogP contribution is -2.26. The molecule has 1 aliphatic heterocycles. The van der Waals surface area contributed by atoms with Crippen LogP contribution in [0.5, 0.6) is 0 Å². The van der Waals surface area contributed by atoms with Gasteiger partial charge in [-0.05, 0) is 42.2 Å². The maximum atomic E-state index is 4.67. The molecule has 0 bridgehead atoms. The van der Waals surface area contributed by atoms with Crippen LogP contribution in [0.2, 0.25) is 0 Å². The molecule has 2 aromatic heterocycles. The normalized spacial score (nSPS) is 18.8. The van der Waals surface area contributed by atoms with E-state index in [1.807, 2.05) is 0 Å². The first-order chi connectivity index (χ1) is 8.83. The number of hydrogen-bond donors (Lipinski definition) is 1. The lowest BCUT2D eigenvalue weighted by atomic mass is 9.99. The standard InChI is InChI=1S/C14H19N3S/c1-11-9-17-5-2-3-13(14(17)16-11)8-15-7-12-4-6-18-10-12/h4,6,9-10,13,15H,2-3,5,7-8H2,1H3/t13-/m0/s1. The van der Waals surface area contributed by atoms with Crippen LogP contribution in [0.3, 0.4) is 0 Å². The third-order valence-electron chi connectivity index (χ3n) is 3.54. The van der Waals surface area contributed by atoms with E-state index in [0.717, 1.165) is 25.3 Å². The van der Waals surface area contributed by atoms with Gasteiger partial charge in [0.15, 0.2) is 0 Å². The minimum absolute atomic E-state index is 0.575. The molecule has 0 amide bonds. The van der Waals surface area contributed by atoms with Crippen LogP contribution < -0.4 is 5.32 Å². The van der Waals surface area contributed by atoms with E-state index < -0.39 is 0 Å².